The number of nitrogens with one attached hydrogen (secondary N) is 2. The highest BCUT2D eigenvalue weighted by atomic mass is 35.5. The van der Waals surface area contributed by atoms with Crippen LogP contribution in [0.3, 0.4) is 0 Å². The van der Waals surface area contributed by atoms with Gasteiger partial charge in [-0.2, -0.15) is 0 Å². The van der Waals surface area contributed by atoms with Gasteiger partial charge in [0.15, 0.2) is 9.84 Å². The van der Waals surface area contributed by atoms with E-state index in [-0.39, 0.29) is 4.90 Å². The molecule has 12 heteroatoms. The van der Waals surface area contributed by atoms with Crippen molar-refractivity contribution in [2.24, 2.45) is 0 Å². The highest BCUT2D eigenvalue weighted by Gasteiger charge is 2.45. The number of imide groups is 1. The van der Waals surface area contributed by atoms with Gasteiger partial charge in [0.1, 0.15) is 17.0 Å². The maximum Gasteiger partial charge on any atom is 0.404 e. The van der Waals surface area contributed by atoms with Gasteiger partial charge in [0.2, 0.25) is 0 Å². The molecule has 3 rings (SSSR count). The fourth-order valence-electron chi connectivity index (χ4n) is 3.23. The van der Waals surface area contributed by atoms with E-state index in [0.29, 0.717) is 16.5 Å². The molecule has 0 aromatic heterocycles. The average molecular weight is 496 g/mol. The number of hydrogen-bond acceptors (Lipinski definition) is 6. The first-order chi connectivity index (χ1) is 15.4. The molecule has 0 unspecified atom stereocenters. The molecule has 0 bridgehead atoms. The van der Waals surface area contributed by atoms with Crippen LogP contribution in [0, 0.1) is 0 Å². The van der Waals surface area contributed by atoms with E-state index in [1.807, 2.05) is 0 Å². The van der Waals surface area contributed by atoms with Gasteiger partial charge in [-0.1, -0.05) is 11.6 Å². The van der Waals surface area contributed by atoms with Crippen molar-refractivity contribution in [1.82, 2.24) is 15.5 Å². The van der Waals surface area contributed by atoms with Crippen LogP contribution in [-0.4, -0.2) is 60.3 Å². The summed E-state index contributed by atoms with van der Waals surface area (Å²) in [7, 11) is -3.97. The quantitative estimate of drug-likeness (QED) is 0.478. The summed E-state index contributed by atoms with van der Waals surface area (Å²) in [6, 6.07) is 10.2. The standard InChI is InChI=1S/C21H22ClN3O7S/c1-21(2)18(26)25(19(27)24-21)11-14(23-20(28)29)12-33(30,31)17-9-7-16(8-10-17)32-15-5-3-13(22)4-6-15/h3-10,14,23H,11-12H2,1-2H3,(H,24,27)(H,28,29)/t14-/m0/s1. The van der Waals surface area contributed by atoms with Crippen LogP contribution in [0.5, 0.6) is 11.5 Å². The zero-order chi connectivity index (χ0) is 24.4. The smallest absolute Gasteiger partial charge is 0.404 e. The second-order valence-electron chi connectivity index (χ2n) is 7.93. The van der Waals surface area contributed by atoms with Crippen molar-refractivity contribution in [2.75, 3.05) is 12.3 Å². The molecular formula is C21H22ClN3O7S. The van der Waals surface area contributed by atoms with Gasteiger partial charge in [0, 0.05) is 5.02 Å². The van der Waals surface area contributed by atoms with Crippen molar-refractivity contribution in [3.63, 3.8) is 0 Å². The SMILES string of the molecule is CC1(C)NC(=O)N(C[C@@H](CS(=O)(=O)c2ccc(Oc3ccc(Cl)cc3)cc2)NC(=O)O)C1=O. The maximum atomic E-state index is 12.9. The van der Waals surface area contributed by atoms with Gasteiger partial charge in [-0.15, -0.1) is 0 Å². The van der Waals surface area contributed by atoms with Gasteiger partial charge in [0.25, 0.3) is 5.91 Å². The summed E-state index contributed by atoms with van der Waals surface area (Å²) < 4.78 is 31.4. The first-order valence-electron chi connectivity index (χ1n) is 9.77. The number of amides is 4. The largest absolute Gasteiger partial charge is 0.465 e. The van der Waals surface area contributed by atoms with E-state index in [2.05, 4.69) is 10.6 Å². The molecule has 0 radical (unpaired) electrons. The number of carboxylic acid groups (broad SMARTS) is 1. The van der Waals surface area contributed by atoms with E-state index in [9.17, 15) is 22.8 Å². The molecule has 4 amide bonds. The van der Waals surface area contributed by atoms with E-state index in [0.717, 1.165) is 4.90 Å². The van der Waals surface area contributed by atoms with Gasteiger partial charge < -0.3 is 20.5 Å². The van der Waals surface area contributed by atoms with Crippen molar-refractivity contribution in [3.05, 3.63) is 53.6 Å². The summed E-state index contributed by atoms with van der Waals surface area (Å²) in [5, 5.41) is 14.2. The van der Waals surface area contributed by atoms with Crippen LogP contribution in [0.2, 0.25) is 5.02 Å². The van der Waals surface area contributed by atoms with Gasteiger partial charge in [0.05, 0.1) is 23.2 Å². The zero-order valence-electron chi connectivity index (χ0n) is 17.7. The third-order valence-electron chi connectivity index (χ3n) is 4.83. The van der Waals surface area contributed by atoms with Gasteiger partial charge in [-0.3, -0.25) is 9.69 Å². The number of ether oxygens (including phenoxy) is 1. The fraction of sp³-hybridized carbons (Fsp3) is 0.286. The molecule has 0 saturated carbocycles. The van der Waals surface area contributed by atoms with E-state index in [1.54, 1.807) is 24.3 Å². The van der Waals surface area contributed by atoms with Crippen molar-refractivity contribution in [3.8, 4) is 11.5 Å². The molecule has 1 saturated heterocycles. The molecule has 0 spiro atoms. The van der Waals surface area contributed by atoms with Crippen LogP contribution >= 0.6 is 11.6 Å². The number of rotatable bonds is 8. The van der Waals surface area contributed by atoms with Crippen molar-refractivity contribution >= 4 is 39.5 Å². The number of halogens is 1. The lowest BCUT2D eigenvalue weighted by Crippen LogP contribution is -2.49. The third kappa shape index (κ3) is 5.93. The Bertz CT molecular complexity index is 1170. The molecule has 2 aromatic carbocycles. The topological polar surface area (TPSA) is 142 Å². The normalized spacial score (nSPS) is 16.3. The second kappa shape index (κ2) is 9.28. The van der Waals surface area contributed by atoms with Crippen LogP contribution in [0.15, 0.2) is 53.4 Å². The monoisotopic (exact) mass is 495 g/mol. The minimum absolute atomic E-state index is 0.0688. The van der Waals surface area contributed by atoms with Crippen molar-refractivity contribution < 1.29 is 32.6 Å². The van der Waals surface area contributed by atoms with Gasteiger partial charge >= 0.3 is 12.1 Å². The van der Waals surface area contributed by atoms with E-state index >= 15 is 0 Å². The second-order valence-corrected chi connectivity index (χ2v) is 10.4. The number of carbonyl (C=O) groups excluding carboxylic acids is 2. The highest BCUT2D eigenvalue weighted by molar-refractivity contribution is 7.91. The molecule has 1 aliphatic rings. The van der Waals surface area contributed by atoms with E-state index < -0.39 is 51.7 Å². The Balaban J connectivity index is 1.74. The molecule has 33 heavy (non-hydrogen) atoms. The lowest BCUT2D eigenvalue weighted by atomic mass is 10.1. The number of sulfone groups is 1. The first-order valence-corrected chi connectivity index (χ1v) is 11.8. The summed E-state index contributed by atoms with van der Waals surface area (Å²) >= 11 is 5.83. The number of carbonyl (C=O) groups is 3. The van der Waals surface area contributed by atoms with Crippen molar-refractivity contribution in [2.45, 2.75) is 30.3 Å². The molecule has 176 valence electrons. The number of hydrogen-bond donors (Lipinski definition) is 3. The number of benzene rings is 2. The molecule has 1 fully saturated rings. The summed E-state index contributed by atoms with van der Waals surface area (Å²) in [6.07, 6.45) is -1.48. The molecule has 3 N–H and O–H groups in total. The maximum absolute atomic E-state index is 12.9. The minimum atomic E-state index is -3.97. The van der Waals surface area contributed by atoms with E-state index in [4.69, 9.17) is 21.4 Å². The van der Waals surface area contributed by atoms with Crippen LogP contribution < -0.4 is 15.4 Å². The third-order valence-corrected chi connectivity index (χ3v) is 6.91. The van der Waals surface area contributed by atoms with Crippen LogP contribution in [0.1, 0.15) is 13.8 Å². The number of urea groups is 1. The minimum Gasteiger partial charge on any atom is -0.465 e. The Morgan fingerprint density at radius 1 is 1.12 bits per heavy atom. The van der Waals surface area contributed by atoms with Gasteiger partial charge in [-0.25, -0.2) is 18.0 Å². The molecule has 1 aliphatic heterocycles. The Labute approximate surface area is 195 Å². The average Bonchev–Trinajstić information content (AvgIpc) is 2.91. The first kappa shape index (κ1) is 24.3. The molecule has 0 aliphatic carbocycles. The summed E-state index contributed by atoms with van der Waals surface area (Å²) in [5.41, 5.74) is -1.16. The molecule has 2 aromatic rings. The molecule has 1 atom stereocenters. The lowest BCUT2D eigenvalue weighted by molar-refractivity contribution is -0.130. The Kier molecular flexibility index (Phi) is 6.84. The predicted molar refractivity (Wildman–Crippen MR) is 119 cm³/mol. The van der Waals surface area contributed by atoms with E-state index in [1.165, 1.54) is 38.1 Å². The lowest BCUT2D eigenvalue weighted by Gasteiger charge is -2.22. The fourth-order valence-corrected chi connectivity index (χ4v) is 4.82. The summed E-state index contributed by atoms with van der Waals surface area (Å²) in [4.78, 5) is 36.4. The highest BCUT2D eigenvalue weighted by Crippen LogP contribution is 2.25. The Hall–Kier alpha value is -3.31. The van der Waals surface area contributed by atoms with Gasteiger partial charge in [-0.05, 0) is 62.4 Å². The predicted octanol–water partition coefficient (Wildman–Crippen LogP) is 2.87. The Morgan fingerprint density at radius 2 is 1.67 bits per heavy atom. The van der Waals surface area contributed by atoms with Crippen LogP contribution in [-0.2, 0) is 14.6 Å². The number of nitrogens with zero attached hydrogens (tertiary/aromatic N) is 1. The Morgan fingerprint density at radius 3 is 2.15 bits per heavy atom. The zero-order valence-corrected chi connectivity index (χ0v) is 19.3. The van der Waals surface area contributed by atoms with Crippen LogP contribution in [0.25, 0.3) is 0 Å². The van der Waals surface area contributed by atoms with Crippen LogP contribution in [0.4, 0.5) is 9.59 Å². The van der Waals surface area contributed by atoms with Crippen molar-refractivity contribution in [1.29, 1.82) is 0 Å². The summed E-state index contributed by atoms with van der Waals surface area (Å²) in [5.74, 6) is -0.338. The molecule has 10 nitrogen and oxygen atoms in total. The molecule has 1 heterocycles. The summed E-state index contributed by atoms with van der Waals surface area (Å²) in [6.45, 7) is 2.56. The molecular weight excluding hydrogens is 474 g/mol.